The van der Waals surface area contributed by atoms with Crippen LogP contribution in [0.25, 0.3) is 10.9 Å². The van der Waals surface area contributed by atoms with Gasteiger partial charge in [-0.15, -0.1) is 0 Å². The Morgan fingerprint density at radius 3 is 2.28 bits per heavy atom. The smallest absolute Gasteiger partial charge is 0.280 e. The van der Waals surface area contributed by atoms with Crippen molar-refractivity contribution < 1.29 is 40.7 Å². The first-order valence-corrected chi connectivity index (χ1v) is 11.9. The molecule has 1 aromatic heterocycles. The molecule has 1 saturated heterocycles. The molecular formula is C25H22F6N4O4. The summed E-state index contributed by atoms with van der Waals surface area (Å²) < 4.78 is 90.7. The van der Waals surface area contributed by atoms with Crippen molar-refractivity contribution in [2.75, 3.05) is 44.7 Å². The molecule has 2 aliphatic rings. The SMILES string of the molecule is CC1COc2c(N3CCN(C)CC3)c(F)cc3c(=O)c(C(=O)NOCc4c(F)c(F)c(F)c(F)c4F)cn1c23. The van der Waals surface area contributed by atoms with E-state index in [2.05, 4.69) is 4.90 Å². The third-order valence-electron chi connectivity index (χ3n) is 6.89. The molecule has 1 unspecified atom stereocenters. The van der Waals surface area contributed by atoms with Crippen LogP contribution in [0.3, 0.4) is 0 Å². The first kappa shape index (κ1) is 26.8. The van der Waals surface area contributed by atoms with E-state index in [1.54, 1.807) is 17.0 Å². The van der Waals surface area contributed by atoms with Crippen LogP contribution in [0.15, 0.2) is 17.1 Å². The van der Waals surface area contributed by atoms with Crippen molar-refractivity contribution in [3.8, 4) is 5.75 Å². The minimum Gasteiger partial charge on any atom is -0.487 e. The quantitative estimate of drug-likeness (QED) is 0.225. The fourth-order valence-corrected chi connectivity index (χ4v) is 4.70. The second-order valence-electron chi connectivity index (χ2n) is 9.43. The zero-order valence-corrected chi connectivity index (χ0v) is 20.7. The highest BCUT2D eigenvalue weighted by Gasteiger charge is 2.31. The molecule has 2 aromatic carbocycles. The highest BCUT2D eigenvalue weighted by molar-refractivity contribution is 5.99. The van der Waals surface area contributed by atoms with Crippen molar-refractivity contribution in [3.63, 3.8) is 0 Å². The number of carbonyl (C=O) groups is 1. The van der Waals surface area contributed by atoms with Crippen molar-refractivity contribution in [1.29, 1.82) is 0 Å². The van der Waals surface area contributed by atoms with Gasteiger partial charge in [-0.2, -0.15) is 0 Å². The normalized spacial score (nSPS) is 17.4. The molecule has 3 heterocycles. The Bertz CT molecular complexity index is 1530. The molecule has 0 aliphatic carbocycles. The van der Waals surface area contributed by atoms with Gasteiger partial charge in [-0.1, -0.05) is 0 Å². The number of aromatic nitrogens is 1. The summed E-state index contributed by atoms with van der Waals surface area (Å²) in [5, 5.41) is -0.139. The van der Waals surface area contributed by atoms with E-state index >= 15 is 4.39 Å². The van der Waals surface area contributed by atoms with Crippen molar-refractivity contribution in [1.82, 2.24) is 14.9 Å². The molecule has 0 saturated carbocycles. The van der Waals surface area contributed by atoms with E-state index in [1.807, 2.05) is 11.9 Å². The van der Waals surface area contributed by atoms with Crippen LogP contribution in [0.2, 0.25) is 0 Å². The van der Waals surface area contributed by atoms with Gasteiger partial charge in [0.15, 0.2) is 34.8 Å². The van der Waals surface area contributed by atoms with Gasteiger partial charge in [0.1, 0.15) is 24.5 Å². The first-order valence-electron chi connectivity index (χ1n) is 11.9. The lowest BCUT2D eigenvalue weighted by Gasteiger charge is -2.37. The number of halogens is 6. The number of piperazine rings is 1. The Hall–Kier alpha value is -3.78. The highest BCUT2D eigenvalue weighted by Crippen LogP contribution is 2.42. The number of anilines is 1. The molecule has 0 spiro atoms. The zero-order valence-electron chi connectivity index (χ0n) is 20.7. The Labute approximate surface area is 217 Å². The lowest BCUT2D eigenvalue weighted by atomic mass is 10.0. The van der Waals surface area contributed by atoms with Gasteiger partial charge < -0.3 is 19.1 Å². The van der Waals surface area contributed by atoms with Crippen molar-refractivity contribution in [3.05, 3.63) is 68.5 Å². The summed E-state index contributed by atoms with van der Waals surface area (Å²) in [5.74, 6) is -12.6. The van der Waals surface area contributed by atoms with Crippen LogP contribution >= 0.6 is 0 Å². The maximum atomic E-state index is 15.4. The number of rotatable bonds is 5. The van der Waals surface area contributed by atoms with Crippen LogP contribution < -0.4 is 20.5 Å². The van der Waals surface area contributed by atoms with Crippen LogP contribution in [-0.4, -0.2) is 55.2 Å². The number of nitrogens with zero attached hydrogens (tertiary/aromatic N) is 3. The number of nitrogens with one attached hydrogen (secondary N) is 1. The molecule has 1 N–H and O–H groups in total. The van der Waals surface area contributed by atoms with E-state index < -0.39 is 64.0 Å². The molecule has 8 nitrogen and oxygen atoms in total. The maximum Gasteiger partial charge on any atom is 0.280 e. The summed E-state index contributed by atoms with van der Waals surface area (Å²) in [6, 6.07) is 0.659. The van der Waals surface area contributed by atoms with Crippen LogP contribution in [0.1, 0.15) is 28.9 Å². The van der Waals surface area contributed by atoms with Crippen molar-refractivity contribution >= 4 is 22.5 Å². The van der Waals surface area contributed by atoms with E-state index in [4.69, 9.17) is 9.57 Å². The number of carbonyl (C=O) groups excluding carboxylic acids is 1. The maximum absolute atomic E-state index is 15.4. The molecule has 1 atom stereocenters. The molecule has 5 rings (SSSR count). The summed E-state index contributed by atoms with van der Waals surface area (Å²) in [6.07, 6.45) is 1.23. The number of hydrogen-bond acceptors (Lipinski definition) is 6. The summed E-state index contributed by atoms with van der Waals surface area (Å²) in [4.78, 5) is 34.6. The standard InChI is InChI=1S/C25H22F6N4O4/c1-11-9-38-24-21-12(7-15(26)22(24)34-5-3-33(2)4-6-34)23(36)13(8-35(11)21)25(37)32-39-10-14-16(27)18(29)20(31)19(30)17(14)28/h7-8,11H,3-6,9-10H2,1-2H3,(H,32,37). The summed E-state index contributed by atoms with van der Waals surface area (Å²) in [7, 11) is 1.95. The molecule has 0 bridgehead atoms. The minimum absolute atomic E-state index is 0.118. The van der Waals surface area contributed by atoms with Gasteiger partial charge in [0, 0.05) is 32.4 Å². The zero-order chi connectivity index (χ0) is 28.2. The average Bonchev–Trinajstić information content (AvgIpc) is 2.92. The van der Waals surface area contributed by atoms with Crippen LogP contribution in [0.4, 0.5) is 32.0 Å². The second-order valence-corrected chi connectivity index (χ2v) is 9.43. The van der Waals surface area contributed by atoms with E-state index in [-0.39, 0.29) is 29.5 Å². The molecule has 3 aromatic rings. The van der Waals surface area contributed by atoms with Gasteiger partial charge in [-0.3, -0.25) is 14.4 Å². The lowest BCUT2D eigenvalue weighted by Crippen LogP contribution is -2.45. The van der Waals surface area contributed by atoms with Gasteiger partial charge in [0.25, 0.3) is 5.91 Å². The number of hydrogen-bond donors (Lipinski definition) is 1. The fourth-order valence-electron chi connectivity index (χ4n) is 4.70. The number of hydroxylamine groups is 1. The Balaban J connectivity index is 1.47. The topological polar surface area (TPSA) is 76.0 Å². The molecule has 1 fully saturated rings. The van der Waals surface area contributed by atoms with E-state index in [1.165, 1.54) is 6.20 Å². The average molecular weight is 556 g/mol. The third kappa shape index (κ3) is 4.46. The molecule has 39 heavy (non-hydrogen) atoms. The number of ether oxygens (including phenoxy) is 1. The lowest BCUT2D eigenvalue weighted by molar-refractivity contribution is 0.0206. The Kier molecular flexibility index (Phi) is 6.93. The molecule has 14 heteroatoms. The Morgan fingerprint density at radius 1 is 1.03 bits per heavy atom. The van der Waals surface area contributed by atoms with Crippen LogP contribution in [0.5, 0.6) is 5.75 Å². The van der Waals surface area contributed by atoms with E-state index in [0.717, 1.165) is 6.07 Å². The third-order valence-corrected chi connectivity index (χ3v) is 6.89. The number of benzene rings is 2. The second kappa shape index (κ2) is 10.1. The number of pyridine rings is 1. The van der Waals surface area contributed by atoms with E-state index in [0.29, 0.717) is 31.7 Å². The predicted octanol–water partition coefficient (Wildman–Crippen LogP) is 3.40. The Morgan fingerprint density at radius 2 is 1.64 bits per heavy atom. The predicted molar refractivity (Wildman–Crippen MR) is 127 cm³/mol. The van der Waals surface area contributed by atoms with Crippen molar-refractivity contribution in [2.45, 2.75) is 19.6 Å². The molecule has 1 amide bonds. The number of amides is 1. The van der Waals surface area contributed by atoms with Gasteiger partial charge >= 0.3 is 0 Å². The largest absolute Gasteiger partial charge is 0.487 e. The first-order chi connectivity index (χ1) is 18.5. The monoisotopic (exact) mass is 556 g/mol. The van der Waals surface area contributed by atoms with Gasteiger partial charge in [-0.25, -0.2) is 31.8 Å². The van der Waals surface area contributed by atoms with E-state index in [9.17, 15) is 31.5 Å². The minimum atomic E-state index is -2.34. The van der Waals surface area contributed by atoms with Crippen LogP contribution in [0, 0.1) is 34.9 Å². The summed E-state index contributed by atoms with van der Waals surface area (Å²) >= 11 is 0. The fraction of sp³-hybridized carbons (Fsp3) is 0.360. The molecule has 2 aliphatic heterocycles. The van der Waals surface area contributed by atoms with Crippen molar-refractivity contribution in [2.24, 2.45) is 0 Å². The molecular weight excluding hydrogens is 534 g/mol. The van der Waals surface area contributed by atoms with Crippen LogP contribution in [-0.2, 0) is 11.4 Å². The molecule has 208 valence electrons. The number of likely N-dealkylation sites (N-methyl/N-ethyl adjacent to an activating group) is 1. The van der Waals surface area contributed by atoms with Gasteiger partial charge in [0.05, 0.1) is 22.5 Å². The summed E-state index contributed by atoms with van der Waals surface area (Å²) in [6.45, 7) is 3.12. The van der Waals surface area contributed by atoms with Gasteiger partial charge in [-0.05, 0) is 20.0 Å². The van der Waals surface area contributed by atoms with Gasteiger partial charge in [0.2, 0.25) is 11.2 Å². The highest BCUT2D eigenvalue weighted by atomic mass is 19.2. The molecule has 0 radical (unpaired) electrons. The summed E-state index contributed by atoms with van der Waals surface area (Å²) in [5.41, 5.74) is -0.382.